The molecule has 3 N–H and O–H groups in total. The predicted octanol–water partition coefficient (Wildman–Crippen LogP) is 1.46. The molecule has 0 bridgehead atoms. The van der Waals surface area contributed by atoms with Crippen LogP contribution in [0.3, 0.4) is 0 Å². The van der Waals surface area contributed by atoms with Crippen LogP contribution in [0.4, 0.5) is 5.82 Å². The molecule has 0 atom stereocenters. The molecule has 2 aromatic rings. The van der Waals surface area contributed by atoms with Crippen LogP contribution in [0.5, 0.6) is 5.75 Å². The molecule has 0 aliphatic carbocycles. The van der Waals surface area contributed by atoms with Crippen LogP contribution in [0, 0.1) is 6.92 Å². The molecule has 4 nitrogen and oxygen atoms in total. The van der Waals surface area contributed by atoms with Gasteiger partial charge in [-0.05, 0) is 24.6 Å². The first-order chi connectivity index (χ1) is 6.22. The molecule has 0 aliphatic heterocycles. The number of H-pyrrole nitrogens is 1. The van der Waals surface area contributed by atoms with Gasteiger partial charge in [0.05, 0.1) is 7.11 Å². The maximum atomic E-state index is 5.67. The Kier molecular flexibility index (Phi) is 1.62. The summed E-state index contributed by atoms with van der Waals surface area (Å²) in [7, 11) is 1.63. The second-order valence-corrected chi connectivity index (χ2v) is 3.00. The number of nitrogens with zero attached hydrogens (tertiary/aromatic N) is 1. The molecule has 0 fully saturated rings. The van der Waals surface area contributed by atoms with Crippen LogP contribution in [0.2, 0.25) is 0 Å². The zero-order valence-corrected chi connectivity index (χ0v) is 7.59. The molecule has 4 heteroatoms. The highest BCUT2D eigenvalue weighted by atomic mass is 16.5. The van der Waals surface area contributed by atoms with Crippen LogP contribution >= 0.6 is 0 Å². The van der Waals surface area contributed by atoms with Crippen molar-refractivity contribution in [2.45, 2.75) is 6.92 Å². The number of anilines is 1. The second-order valence-electron chi connectivity index (χ2n) is 3.00. The van der Waals surface area contributed by atoms with E-state index in [2.05, 4.69) is 10.2 Å². The van der Waals surface area contributed by atoms with Gasteiger partial charge in [-0.25, -0.2) is 0 Å². The van der Waals surface area contributed by atoms with Gasteiger partial charge in [-0.15, -0.1) is 0 Å². The number of benzene rings is 1. The molecule has 13 heavy (non-hydrogen) atoms. The zero-order valence-electron chi connectivity index (χ0n) is 7.59. The number of hydrogen-bond donors (Lipinski definition) is 2. The lowest BCUT2D eigenvalue weighted by Crippen LogP contribution is -1.87. The third kappa shape index (κ3) is 1.11. The highest BCUT2D eigenvalue weighted by Gasteiger charge is 2.07. The Morgan fingerprint density at radius 1 is 1.46 bits per heavy atom. The smallest absolute Gasteiger partial charge is 0.153 e. The SMILES string of the molecule is COc1cc(C)cc2c(N)n[nH]c12. The Morgan fingerprint density at radius 3 is 2.92 bits per heavy atom. The number of aromatic amines is 1. The van der Waals surface area contributed by atoms with Crippen molar-refractivity contribution in [3.8, 4) is 5.75 Å². The summed E-state index contributed by atoms with van der Waals surface area (Å²) in [4.78, 5) is 0. The normalized spacial score (nSPS) is 10.6. The summed E-state index contributed by atoms with van der Waals surface area (Å²) < 4.78 is 5.19. The number of nitrogens with two attached hydrogens (primary N) is 1. The predicted molar refractivity (Wildman–Crippen MR) is 51.8 cm³/mol. The van der Waals surface area contributed by atoms with Crippen molar-refractivity contribution >= 4 is 16.7 Å². The van der Waals surface area contributed by atoms with Crippen LogP contribution in [0.25, 0.3) is 10.9 Å². The van der Waals surface area contributed by atoms with Crippen LogP contribution in [0.1, 0.15) is 5.56 Å². The average molecular weight is 177 g/mol. The van der Waals surface area contributed by atoms with Crippen LogP contribution in [0.15, 0.2) is 12.1 Å². The molecular formula is C9H11N3O. The third-order valence-corrected chi connectivity index (χ3v) is 2.03. The first kappa shape index (κ1) is 7.91. The lowest BCUT2D eigenvalue weighted by molar-refractivity contribution is 0.418. The quantitative estimate of drug-likeness (QED) is 0.693. The van der Waals surface area contributed by atoms with E-state index in [4.69, 9.17) is 10.5 Å². The van der Waals surface area contributed by atoms with Crippen LogP contribution in [-0.2, 0) is 0 Å². The van der Waals surface area contributed by atoms with E-state index in [1.54, 1.807) is 7.11 Å². The van der Waals surface area contributed by atoms with E-state index in [1.807, 2.05) is 19.1 Å². The maximum absolute atomic E-state index is 5.67. The zero-order chi connectivity index (χ0) is 9.42. The molecule has 0 unspecified atom stereocenters. The fourth-order valence-electron chi connectivity index (χ4n) is 1.41. The molecule has 0 radical (unpaired) electrons. The first-order valence-corrected chi connectivity index (χ1v) is 4.00. The lowest BCUT2D eigenvalue weighted by Gasteiger charge is -2.02. The third-order valence-electron chi connectivity index (χ3n) is 2.03. The summed E-state index contributed by atoms with van der Waals surface area (Å²) in [5, 5.41) is 7.67. The molecule has 0 aliphatic rings. The monoisotopic (exact) mass is 177 g/mol. The minimum absolute atomic E-state index is 0.511. The summed E-state index contributed by atoms with van der Waals surface area (Å²) in [6.45, 7) is 1.99. The summed E-state index contributed by atoms with van der Waals surface area (Å²) in [5.41, 5.74) is 7.63. The van der Waals surface area contributed by atoms with Crippen LogP contribution < -0.4 is 10.5 Å². The second kappa shape index (κ2) is 2.65. The van der Waals surface area contributed by atoms with Crippen molar-refractivity contribution < 1.29 is 4.74 Å². The topological polar surface area (TPSA) is 63.9 Å². The number of aromatic nitrogens is 2. The van der Waals surface area contributed by atoms with Gasteiger partial charge in [-0.2, -0.15) is 5.10 Å². The lowest BCUT2D eigenvalue weighted by atomic mass is 10.1. The van der Waals surface area contributed by atoms with E-state index in [-0.39, 0.29) is 0 Å². The number of nitrogens with one attached hydrogen (secondary N) is 1. The minimum atomic E-state index is 0.511. The number of methoxy groups -OCH3 is 1. The van der Waals surface area contributed by atoms with E-state index in [0.29, 0.717) is 5.82 Å². The van der Waals surface area contributed by atoms with Crippen molar-refractivity contribution in [1.82, 2.24) is 10.2 Å². The molecule has 0 spiro atoms. The number of ether oxygens (including phenoxy) is 1. The standard InChI is InChI=1S/C9H11N3O/c1-5-3-6-8(7(4-5)13-2)11-12-9(6)10/h3-4H,1-2H3,(H3,10,11,12). The number of aryl methyl sites for hydroxylation is 1. The molecule has 0 amide bonds. The van der Waals surface area contributed by atoms with E-state index >= 15 is 0 Å². The summed E-state index contributed by atoms with van der Waals surface area (Å²) in [6, 6.07) is 3.93. The van der Waals surface area contributed by atoms with Crippen molar-refractivity contribution in [3.05, 3.63) is 17.7 Å². The summed E-state index contributed by atoms with van der Waals surface area (Å²) >= 11 is 0. The average Bonchev–Trinajstić information content (AvgIpc) is 2.47. The van der Waals surface area contributed by atoms with E-state index in [1.165, 1.54) is 0 Å². The highest BCUT2D eigenvalue weighted by Crippen LogP contribution is 2.28. The Morgan fingerprint density at radius 2 is 2.23 bits per heavy atom. The van der Waals surface area contributed by atoms with Gasteiger partial charge < -0.3 is 10.5 Å². The van der Waals surface area contributed by atoms with Gasteiger partial charge >= 0.3 is 0 Å². The highest BCUT2D eigenvalue weighted by molar-refractivity contribution is 5.93. The molecule has 1 aromatic carbocycles. The van der Waals surface area contributed by atoms with Crippen molar-refractivity contribution in [1.29, 1.82) is 0 Å². The van der Waals surface area contributed by atoms with Gasteiger partial charge in [0.1, 0.15) is 11.3 Å². The van der Waals surface area contributed by atoms with Gasteiger partial charge in [0.2, 0.25) is 0 Å². The van der Waals surface area contributed by atoms with Gasteiger partial charge in [-0.1, -0.05) is 0 Å². The first-order valence-electron chi connectivity index (χ1n) is 4.00. The molecule has 2 rings (SSSR count). The molecular weight excluding hydrogens is 166 g/mol. The Labute approximate surface area is 75.7 Å². The number of fused-ring (bicyclic) bond motifs is 1. The number of hydrogen-bond acceptors (Lipinski definition) is 3. The van der Waals surface area contributed by atoms with E-state index < -0.39 is 0 Å². The molecule has 1 aromatic heterocycles. The Hall–Kier alpha value is -1.71. The van der Waals surface area contributed by atoms with Gasteiger partial charge in [0.15, 0.2) is 5.82 Å². The number of rotatable bonds is 1. The molecule has 1 heterocycles. The fraction of sp³-hybridized carbons (Fsp3) is 0.222. The van der Waals surface area contributed by atoms with Crippen molar-refractivity contribution in [3.63, 3.8) is 0 Å². The number of nitrogen functional groups attached to an aromatic ring is 1. The summed E-state index contributed by atoms with van der Waals surface area (Å²) in [6.07, 6.45) is 0. The molecule has 0 saturated heterocycles. The van der Waals surface area contributed by atoms with Gasteiger partial charge in [0.25, 0.3) is 0 Å². The van der Waals surface area contributed by atoms with E-state index in [9.17, 15) is 0 Å². The largest absolute Gasteiger partial charge is 0.494 e. The van der Waals surface area contributed by atoms with Crippen LogP contribution in [-0.4, -0.2) is 17.3 Å². The van der Waals surface area contributed by atoms with E-state index in [0.717, 1.165) is 22.2 Å². The summed E-state index contributed by atoms with van der Waals surface area (Å²) in [5.74, 6) is 1.29. The fourth-order valence-corrected chi connectivity index (χ4v) is 1.41. The Balaban J connectivity index is 2.84. The van der Waals surface area contributed by atoms with Crippen molar-refractivity contribution in [2.24, 2.45) is 0 Å². The molecule has 68 valence electrons. The van der Waals surface area contributed by atoms with Gasteiger partial charge in [0, 0.05) is 5.39 Å². The van der Waals surface area contributed by atoms with Gasteiger partial charge in [-0.3, -0.25) is 5.10 Å². The van der Waals surface area contributed by atoms with Crippen molar-refractivity contribution in [2.75, 3.05) is 12.8 Å². The maximum Gasteiger partial charge on any atom is 0.153 e. The minimum Gasteiger partial charge on any atom is -0.494 e. The molecule has 0 saturated carbocycles. The Bertz CT molecular complexity index is 447.